The van der Waals surface area contributed by atoms with E-state index in [1.165, 1.54) is 38.5 Å². The molecule has 0 aromatic heterocycles. The Morgan fingerprint density at radius 3 is 2.32 bits per heavy atom. The summed E-state index contributed by atoms with van der Waals surface area (Å²) in [5, 5.41) is 7.16. The first-order valence-corrected chi connectivity index (χ1v) is 9.72. The molecule has 0 saturated heterocycles. The predicted octanol–water partition coefficient (Wildman–Crippen LogP) is 3.92. The minimum absolute atomic E-state index is 0.0939. The summed E-state index contributed by atoms with van der Waals surface area (Å²) >= 11 is 11.5. The van der Waals surface area contributed by atoms with Crippen LogP contribution >= 0.6 is 23.8 Å². The first-order valence-electron chi connectivity index (χ1n) is 8.93. The summed E-state index contributed by atoms with van der Waals surface area (Å²) in [7, 11) is 1.55. The molecule has 0 spiro atoms. The molecule has 1 amide bonds. The third kappa shape index (κ3) is 3.36. The van der Waals surface area contributed by atoms with Crippen LogP contribution in [0.1, 0.15) is 48.9 Å². The van der Waals surface area contributed by atoms with E-state index >= 15 is 0 Å². The molecule has 4 bridgehead atoms. The van der Waals surface area contributed by atoms with E-state index in [1.54, 1.807) is 25.3 Å². The fourth-order valence-corrected chi connectivity index (χ4v) is 6.09. The van der Waals surface area contributed by atoms with Crippen LogP contribution in [0.4, 0.5) is 0 Å². The lowest BCUT2D eigenvalue weighted by molar-refractivity contribution is -0.0101. The van der Waals surface area contributed by atoms with Crippen LogP contribution in [-0.2, 0) is 0 Å². The Morgan fingerprint density at radius 1 is 1.20 bits per heavy atom. The highest BCUT2D eigenvalue weighted by Gasteiger charge is 2.51. The number of ether oxygens (including phenoxy) is 1. The number of thiocarbonyl (C=S) groups is 1. The van der Waals surface area contributed by atoms with Crippen molar-refractivity contribution in [1.29, 1.82) is 0 Å². The third-order valence-electron chi connectivity index (χ3n) is 6.06. The van der Waals surface area contributed by atoms with Crippen LogP contribution in [0, 0.1) is 17.8 Å². The molecule has 1 aromatic rings. The maximum absolute atomic E-state index is 12.5. The van der Waals surface area contributed by atoms with E-state index in [1.807, 2.05) is 0 Å². The van der Waals surface area contributed by atoms with Crippen molar-refractivity contribution in [2.24, 2.45) is 17.8 Å². The smallest absolute Gasteiger partial charge is 0.257 e. The predicted molar refractivity (Wildman–Crippen MR) is 102 cm³/mol. The molecule has 0 atom stereocenters. The lowest BCUT2D eigenvalue weighted by Crippen LogP contribution is -2.61. The molecule has 6 heteroatoms. The van der Waals surface area contributed by atoms with Gasteiger partial charge in [0.05, 0.1) is 12.1 Å². The maximum atomic E-state index is 12.5. The van der Waals surface area contributed by atoms with Gasteiger partial charge in [0.1, 0.15) is 5.75 Å². The van der Waals surface area contributed by atoms with Gasteiger partial charge in [-0.05, 0) is 86.7 Å². The Labute approximate surface area is 158 Å². The van der Waals surface area contributed by atoms with Crippen molar-refractivity contribution < 1.29 is 9.53 Å². The molecule has 2 N–H and O–H groups in total. The van der Waals surface area contributed by atoms with Gasteiger partial charge in [-0.15, -0.1) is 0 Å². The van der Waals surface area contributed by atoms with Crippen LogP contribution in [0.15, 0.2) is 18.2 Å². The first kappa shape index (κ1) is 17.1. The van der Waals surface area contributed by atoms with Crippen LogP contribution < -0.4 is 15.4 Å². The molecule has 134 valence electrons. The second-order valence-corrected chi connectivity index (χ2v) is 8.77. The van der Waals surface area contributed by atoms with Gasteiger partial charge in [0.2, 0.25) is 0 Å². The number of nitrogens with one attached hydrogen (secondary N) is 2. The van der Waals surface area contributed by atoms with Gasteiger partial charge in [-0.2, -0.15) is 0 Å². The maximum Gasteiger partial charge on any atom is 0.257 e. The fourth-order valence-electron chi connectivity index (χ4n) is 5.52. The van der Waals surface area contributed by atoms with Crippen LogP contribution in [0.2, 0.25) is 5.02 Å². The molecule has 5 rings (SSSR count). The molecule has 0 radical (unpaired) electrons. The van der Waals surface area contributed by atoms with Gasteiger partial charge < -0.3 is 10.1 Å². The number of amides is 1. The SMILES string of the molecule is COc1ccc(C(=O)NC(=S)NC23CC4CC(CC(C4)C2)C3)cc1Cl. The number of hydrogen-bond acceptors (Lipinski definition) is 3. The van der Waals surface area contributed by atoms with Gasteiger partial charge in [0.15, 0.2) is 5.11 Å². The molecule has 1 aromatic carbocycles. The molecule has 4 aliphatic carbocycles. The topological polar surface area (TPSA) is 50.4 Å². The summed E-state index contributed by atoms with van der Waals surface area (Å²) in [5.74, 6) is 2.80. The Hall–Kier alpha value is -1.33. The number of rotatable bonds is 3. The monoisotopic (exact) mass is 378 g/mol. The summed E-state index contributed by atoms with van der Waals surface area (Å²) in [6.07, 6.45) is 7.69. The average Bonchev–Trinajstić information content (AvgIpc) is 2.52. The van der Waals surface area contributed by atoms with Crippen molar-refractivity contribution in [2.45, 2.75) is 44.1 Å². The van der Waals surface area contributed by atoms with Gasteiger partial charge in [-0.25, -0.2) is 0 Å². The zero-order valence-electron chi connectivity index (χ0n) is 14.3. The Kier molecular flexibility index (Phi) is 4.40. The van der Waals surface area contributed by atoms with Crippen molar-refractivity contribution in [3.63, 3.8) is 0 Å². The van der Waals surface area contributed by atoms with Gasteiger partial charge >= 0.3 is 0 Å². The average molecular weight is 379 g/mol. The fraction of sp³-hybridized carbons (Fsp3) is 0.579. The number of carbonyl (C=O) groups excluding carboxylic acids is 1. The molecule has 4 fully saturated rings. The Bertz CT molecular complexity index is 686. The van der Waals surface area contributed by atoms with Gasteiger partial charge in [-0.1, -0.05) is 11.6 Å². The highest BCUT2D eigenvalue weighted by molar-refractivity contribution is 7.80. The van der Waals surface area contributed by atoms with Crippen LogP contribution in [0.3, 0.4) is 0 Å². The summed E-state index contributed by atoms with van der Waals surface area (Å²) in [5.41, 5.74) is 0.567. The van der Waals surface area contributed by atoms with Crippen molar-refractivity contribution in [1.82, 2.24) is 10.6 Å². The molecule has 4 aliphatic rings. The van der Waals surface area contributed by atoms with E-state index in [-0.39, 0.29) is 11.4 Å². The minimum atomic E-state index is -0.244. The molecule has 4 nitrogen and oxygen atoms in total. The number of benzene rings is 1. The van der Waals surface area contributed by atoms with E-state index in [0.29, 0.717) is 21.4 Å². The summed E-state index contributed by atoms with van der Waals surface area (Å²) in [6.45, 7) is 0. The quantitative estimate of drug-likeness (QED) is 0.782. The highest BCUT2D eigenvalue weighted by Crippen LogP contribution is 2.55. The molecular weight excluding hydrogens is 356 g/mol. The number of methoxy groups -OCH3 is 1. The van der Waals surface area contributed by atoms with E-state index in [0.717, 1.165) is 17.8 Å². The summed E-state index contributed by atoms with van der Waals surface area (Å²) in [4.78, 5) is 12.5. The standard InChI is InChI=1S/C19H23ClN2O2S/c1-24-16-3-2-14(7-15(16)20)17(23)21-18(25)22-19-8-11-4-12(9-19)6-13(5-11)10-19/h2-3,7,11-13H,4-6,8-10H2,1H3,(H2,21,22,23,25). The normalized spacial score (nSPS) is 32.3. The summed E-state index contributed by atoms with van der Waals surface area (Å²) in [6, 6.07) is 4.98. The van der Waals surface area contributed by atoms with Crippen molar-refractivity contribution in [3.8, 4) is 5.75 Å². The number of halogens is 1. The molecule has 0 unspecified atom stereocenters. The van der Waals surface area contributed by atoms with E-state index in [2.05, 4.69) is 10.6 Å². The van der Waals surface area contributed by atoms with Crippen molar-refractivity contribution in [3.05, 3.63) is 28.8 Å². The Balaban J connectivity index is 1.40. The second-order valence-electron chi connectivity index (χ2n) is 7.96. The first-order chi connectivity index (χ1) is 12.0. The zero-order valence-corrected chi connectivity index (χ0v) is 15.9. The van der Waals surface area contributed by atoms with Gasteiger partial charge in [-0.3, -0.25) is 10.1 Å². The minimum Gasteiger partial charge on any atom is -0.495 e. The van der Waals surface area contributed by atoms with Crippen molar-refractivity contribution >= 4 is 34.8 Å². The lowest BCUT2D eigenvalue weighted by atomic mass is 9.53. The third-order valence-corrected chi connectivity index (χ3v) is 6.56. The zero-order chi connectivity index (χ0) is 17.6. The number of hydrogen-bond donors (Lipinski definition) is 2. The largest absolute Gasteiger partial charge is 0.495 e. The van der Waals surface area contributed by atoms with Crippen molar-refractivity contribution in [2.75, 3.05) is 7.11 Å². The number of carbonyl (C=O) groups is 1. The van der Waals surface area contributed by atoms with Gasteiger partial charge in [0, 0.05) is 11.1 Å². The molecule has 4 saturated carbocycles. The molecule has 0 heterocycles. The van der Waals surface area contributed by atoms with Gasteiger partial charge in [0.25, 0.3) is 5.91 Å². The lowest BCUT2D eigenvalue weighted by Gasteiger charge is -2.57. The van der Waals surface area contributed by atoms with Crippen LogP contribution in [-0.4, -0.2) is 23.7 Å². The highest BCUT2D eigenvalue weighted by atomic mass is 35.5. The van der Waals surface area contributed by atoms with E-state index in [4.69, 9.17) is 28.6 Å². The molecule has 0 aliphatic heterocycles. The second kappa shape index (κ2) is 6.44. The van der Waals surface area contributed by atoms with E-state index in [9.17, 15) is 4.79 Å². The van der Waals surface area contributed by atoms with E-state index < -0.39 is 0 Å². The van der Waals surface area contributed by atoms with Crippen LogP contribution in [0.25, 0.3) is 0 Å². The Morgan fingerprint density at radius 2 is 1.80 bits per heavy atom. The molecule has 25 heavy (non-hydrogen) atoms. The van der Waals surface area contributed by atoms with Crippen LogP contribution in [0.5, 0.6) is 5.75 Å². The molecular formula is C19H23ClN2O2S. The summed E-state index contributed by atoms with van der Waals surface area (Å²) < 4.78 is 5.12.